The number of nitrogens with zero attached hydrogens (tertiary/aromatic N) is 1. The maximum atomic E-state index is 12.9. The predicted octanol–water partition coefficient (Wildman–Crippen LogP) is 3.39. The SMILES string of the molecule is COc1ccc2c(c1)CCN2C(=O)c1ccc2c(c1)CCC2. The Morgan fingerprint density at radius 1 is 1.00 bits per heavy atom. The van der Waals surface area contributed by atoms with Gasteiger partial charge in [-0.3, -0.25) is 4.79 Å². The summed E-state index contributed by atoms with van der Waals surface area (Å²) in [7, 11) is 1.67. The van der Waals surface area contributed by atoms with Crippen LogP contribution in [-0.4, -0.2) is 19.6 Å². The number of amides is 1. The van der Waals surface area contributed by atoms with Crippen molar-refractivity contribution in [2.75, 3.05) is 18.6 Å². The lowest BCUT2D eigenvalue weighted by Crippen LogP contribution is -2.28. The standard InChI is InChI=1S/C19H19NO2/c1-22-17-7-8-18-15(12-17)9-10-20(18)19(21)16-6-5-13-3-2-4-14(13)11-16/h5-8,11-12H,2-4,9-10H2,1H3. The van der Waals surface area contributed by atoms with Crippen LogP contribution in [0.15, 0.2) is 36.4 Å². The number of hydrogen-bond donors (Lipinski definition) is 0. The van der Waals surface area contributed by atoms with Crippen molar-refractivity contribution < 1.29 is 9.53 Å². The molecule has 2 aromatic rings. The van der Waals surface area contributed by atoms with E-state index in [1.165, 1.54) is 23.1 Å². The molecule has 3 nitrogen and oxygen atoms in total. The molecular weight excluding hydrogens is 274 g/mol. The molecule has 0 saturated heterocycles. The Kier molecular flexibility index (Phi) is 3.14. The smallest absolute Gasteiger partial charge is 0.258 e. The van der Waals surface area contributed by atoms with Crippen molar-refractivity contribution in [2.24, 2.45) is 0 Å². The van der Waals surface area contributed by atoms with Crippen LogP contribution in [0.1, 0.15) is 33.5 Å². The molecule has 1 amide bonds. The Morgan fingerprint density at radius 3 is 2.73 bits per heavy atom. The van der Waals surface area contributed by atoms with Crippen LogP contribution in [0.2, 0.25) is 0 Å². The van der Waals surface area contributed by atoms with E-state index in [1.54, 1.807) is 7.11 Å². The molecule has 4 rings (SSSR count). The fourth-order valence-corrected chi connectivity index (χ4v) is 3.58. The number of carbonyl (C=O) groups is 1. The maximum absolute atomic E-state index is 12.9. The molecule has 0 N–H and O–H groups in total. The molecule has 0 spiro atoms. The highest BCUT2D eigenvalue weighted by Gasteiger charge is 2.26. The van der Waals surface area contributed by atoms with Gasteiger partial charge in [0.05, 0.1) is 7.11 Å². The summed E-state index contributed by atoms with van der Waals surface area (Å²) in [6.07, 6.45) is 4.35. The minimum Gasteiger partial charge on any atom is -0.497 e. The molecule has 0 radical (unpaired) electrons. The van der Waals surface area contributed by atoms with Crippen molar-refractivity contribution in [3.05, 3.63) is 58.7 Å². The Labute approximate surface area is 130 Å². The Balaban J connectivity index is 1.65. The minimum absolute atomic E-state index is 0.110. The van der Waals surface area contributed by atoms with Gasteiger partial charge in [-0.25, -0.2) is 0 Å². The van der Waals surface area contributed by atoms with Gasteiger partial charge in [-0.1, -0.05) is 6.07 Å². The molecule has 1 heterocycles. The van der Waals surface area contributed by atoms with Gasteiger partial charge in [-0.15, -0.1) is 0 Å². The highest BCUT2D eigenvalue weighted by Crippen LogP contribution is 2.33. The van der Waals surface area contributed by atoms with Crippen molar-refractivity contribution in [1.29, 1.82) is 0 Å². The number of aryl methyl sites for hydroxylation is 2. The predicted molar refractivity (Wildman–Crippen MR) is 86.8 cm³/mol. The zero-order valence-corrected chi connectivity index (χ0v) is 12.8. The number of hydrogen-bond acceptors (Lipinski definition) is 2. The van der Waals surface area contributed by atoms with Gasteiger partial charge in [-0.05, 0) is 72.7 Å². The van der Waals surface area contributed by atoms with Crippen molar-refractivity contribution in [2.45, 2.75) is 25.7 Å². The van der Waals surface area contributed by atoms with Crippen LogP contribution < -0.4 is 9.64 Å². The Bertz CT molecular complexity index is 751. The van der Waals surface area contributed by atoms with E-state index < -0.39 is 0 Å². The van der Waals surface area contributed by atoms with Gasteiger partial charge in [-0.2, -0.15) is 0 Å². The Morgan fingerprint density at radius 2 is 1.86 bits per heavy atom. The number of fused-ring (bicyclic) bond motifs is 2. The van der Waals surface area contributed by atoms with Gasteiger partial charge >= 0.3 is 0 Å². The van der Waals surface area contributed by atoms with E-state index in [1.807, 2.05) is 29.2 Å². The molecule has 0 saturated carbocycles. The number of carbonyl (C=O) groups excluding carboxylic acids is 1. The molecule has 0 bridgehead atoms. The number of ether oxygens (including phenoxy) is 1. The van der Waals surface area contributed by atoms with Crippen LogP contribution >= 0.6 is 0 Å². The quantitative estimate of drug-likeness (QED) is 0.849. The normalized spacial score (nSPS) is 15.6. The topological polar surface area (TPSA) is 29.5 Å². The van der Waals surface area contributed by atoms with Crippen LogP contribution in [0.3, 0.4) is 0 Å². The van der Waals surface area contributed by atoms with E-state index >= 15 is 0 Å². The average Bonchev–Trinajstić information content (AvgIpc) is 3.19. The lowest BCUT2D eigenvalue weighted by Gasteiger charge is -2.18. The molecule has 1 aliphatic carbocycles. The second-order valence-corrected chi connectivity index (χ2v) is 6.04. The largest absolute Gasteiger partial charge is 0.497 e. The van der Waals surface area contributed by atoms with E-state index in [4.69, 9.17) is 4.74 Å². The van der Waals surface area contributed by atoms with Crippen LogP contribution in [0.25, 0.3) is 0 Å². The first-order valence-electron chi connectivity index (χ1n) is 7.87. The molecule has 112 valence electrons. The highest BCUT2D eigenvalue weighted by molar-refractivity contribution is 6.07. The van der Waals surface area contributed by atoms with E-state index in [9.17, 15) is 4.79 Å². The van der Waals surface area contributed by atoms with Gasteiger partial charge in [0.2, 0.25) is 0 Å². The maximum Gasteiger partial charge on any atom is 0.258 e. The lowest BCUT2D eigenvalue weighted by molar-refractivity contribution is 0.0989. The third-order valence-corrected chi connectivity index (χ3v) is 4.77. The van der Waals surface area contributed by atoms with Crippen LogP contribution in [0.4, 0.5) is 5.69 Å². The summed E-state index contributed by atoms with van der Waals surface area (Å²) in [5.74, 6) is 0.962. The first-order valence-corrected chi connectivity index (χ1v) is 7.87. The molecular formula is C19H19NO2. The van der Waals surface area contributed by atoms with E-state index in [0.29, 0.717) is 0 Å². The summed E-state index contributed by atoms with van der Waals surface area (Å²) in [5, 5.41) is 0. The zero-order chi connectivity index (χ0) is 15.1. The first-order chi connectivity index (χ1) is 10.8. The third-order valence-electron chi connectivity index (χ3n) is 4.77. The van der Waals surface area contributed by atoms with Gasteiger partial charge in [0, 0.05) is 17.8 Å². The van der Waals surface area contributed by atoms with Crippen molar-refractivity contribution in [3.8, 4) is 5.75 Å². The van der Waals surface area contributed by atoms with Crippen LogP contribution in [-0.2, 0) is 19.3 Å². The van der Waals surface area contributed by atoms with Crippen molar-refractivity contribution in [1.82, 2.24) is 0 Å². The molecule has 0 atom stereocenters. The molecule has 0 unspecified atom stereocenters. The van der Waals surface area contributed by atoms with Crippen LogP contribution in [0, 0.1) is 0 Å². The fraction of sp³-hybridized carbons (Fsp3) is 0.316. The summed E-state index contributed by atoms with van der Waals surface area (Å²) < 4.78 is 5.27. The number of benzene rings is 2. The molecule has 3 heteroatoms. The molecule has 22 heavy (non-hydrogen) atoms. The fourth-order valence-electron chi connectivity index (χ4n) is 3.58. The van der Waals surface area contributed by atoms with Crippen molar-refractivity contribution >= 4 is 11.6 Å². The Hall–Kier alpha value is -2.29. The van der Waals surface area contributed by atoms with Crippen molar-refractivity contribution in [3.63, 3.8) is 0 Å². The number of anilines is 1. The summed E-state index contributed by atoms with van der Waals surface area (Å²) in [5.41, 5.74) is 5.77. The molecule has 0 fully saturated rings. The number of methoxy groups -OCH3 is 1. The average molecular weight is 293 g/mol. The lowest BCUT2D eigenvalue weighted by atomic mass is 10.1. The monoisotopic (exact) mass is 293 g/mol. The van der Waals surface area contributed by atoms with Gasteiger partial charge < -0.3 is 9.64 Å². The highest BCUT2D eigenvalue weighted by atomic mass is 16.5. The minimum atomic E-state index is 0.110. The second kappa shape index (κ2) is 5.16. The second-order valence-electron chi connectivity index (χ2n) is 6.04. The van der Waals surface area contributed by atoms with Gasteiger partial charge in [0.1, 0.15) is 5.75 Å². The first kappa shape index (κ1) is 13.4. The molecule has 0 aromatic heterocycles. The number of rotatable bonds is 2. The van der Waals surface area contributed by atoms with Crippen LogP contribution in [0.5, 0.6) is 5.75 Å². The molecule has 2 aromatic carbocycles. The van der Waals surface area contributed by atoms with E-state index in [0.717, 1.165) is 42.8 Å². The van der Waals surface area contributed by atoms with Gasteiger partial charge in [0.25, 0.3) is 5.91 Å². The molecule has 1 aliphatic heterocycles. The third kappa shape index (κ3) is 2.08. The summed E-state index contributed by atoms with van der Waals surface area (Å²) >= 11 is 0. The molecule has 2 aliphatic rings. The summed E-state index contributed by atoms with van der Waals surface area (Å²) in [6.45, 7) is 0.748. The summed E-state index contributed by atoms with van der Waals surface area (Å²) in [6, 6.07) is 12.1. The zero-order valence-electron chi connectivity index (χ0n) is 12.8. The van der Waals surface area contributed by atoms with E-state index in [-0.39, 0.29) is 5.91 Å². The summed E-state index contributed by atoms with van der Waals surface area (Å²) in [4.78, 5) is 14.8. The van der Waals surface area contributed by atoms with Gasteiger partial charge in [0.15, 0.2) is 0 Å². The van der Waals surface area contributed by atoms with E-state index in [2.05, 4.69) is 12.1 Å².